The maximum atomic E-state index is 12.9. The van der Waals surface area contributed by atoms with E-state index in [1.165, 1.54) is 6.42 Å². The largest absolute Gasteiger partial charge is 0.357 e. The maximum Gasteiger partial charge on any atom is 0.241 e. The highest BCUT2D eigenvalue weighted by Crippen LogP contribution is 2.22. The van der Waals surface area contributed by atoms with Crippen molar-refractivity contribution >= 4 is 15.8 Å². The molecule has 1 N–H and O–H groups in total. The highest BCUT2D eigenvalue weighted by Gasteiger charge is 2.21. The minimum absolute atomic E-state index is 0.0810. The van der Waals surface area contributed by atoms with E-state index in [2.05, 4.69) is 19.6 Å². The molecule has 0 spiro atoms. The van der Waals surface area contributed by atoms with E-state index in [4.69, 9.17) is 0 Å². The lowest BCUT2D eigenvalue weighted by atomic mass is 10.1. The zero-order valence-corrected chi connectivity index (χ0v) is 17.4. The molecular weight excluding hydrogens is 360 g/mol. The lowest BCUT2D eigenvalue weighted by Gasteiger charge is -2.28. The molecule has 0 atom stereocenters. The molecule has 3 rings (SSSR count). The molecule has 1 fully saturated rings. The highest BCUT2D eigenvalue weighted by molar-refractivity contribution is 7.89. The van der Waals surface area contributed by atoms with E-state index in [1.807, 2.05) is 45.9 Å². The summed E-state index contributed by atoms with van der Waals surface area (Å²) in [6.07, 6.45) is 3.58. The molecule has 27 heavy (non-hydrogen) atoms. The van der Waals surface area contributed by atoms with Gasteiger partial charge in [0, 0.05) is 24.8 Å². The summed E-state index contributed by atoms with van der Waals surface area (Å²) in [6, 6.07) is 5.75. The zero-order chi connectivity index (χ0) is 19.6. The number of hydrogen-bond donors (Lipinski definition) is 1. The van der Waals surface area contributed by atoms with Crippen LogP contribution in [0.4, 0.5) is 5.82 Å². The third kappa shape index (κ3) is 4.65. The number of aromatic nitrogens is 2. The SMILES string of the molecule is Cc1cc(C)c(S(=O)(=O)NCc2nc(C)cc(N3CCCCC3)n2)c(C)c1. The van der Waals surface area contributed by atoms with Crippen molar-refractivity contribution in [3.63, 3.8) is 0 Å². The fourth-order valence-corrected chi connectivity index (χ4v) is 5.23. The van der Waals surface area contributed by atoms with Crippen LogP contribution in [0.3, 0.4) is 0 Å². The predicted octanol–water partition coefficient (Wildman–Crippen LogP) is 3.18. The average Bonchev–Trinajstić information content (AvgIpc) is 2.59. The molecule has 1 saturated heterocycles. The van der Waals surface area contributed by atoms with Gasteiger partial charge in [-0.3, -0.25) is 0 Å². The molecule has 1 aliphatic rings. The van der Waals surface area contributed by atoms with Crippen LogP contribution in [0.25, 0.3) is 0 Å². The normalized spacial score (nSPS) is 15.2. The summed E-state index contributed by atoms with van der Waals surface area (Å²) in [5.74, 6) is 1.39. The number of anilines is 1. The van der Waals surface area contributed by atoms with Crippen molar-refractivity contribution in [3.8, 4) is 0 Å². The number of piperidine rings is 1. The standard InChI is InChI=1S/C20H28N4O2S/c1-14-10-15(2)20(16(3)11-14)27(25,26)21-13-18-22-17(4)12-19(23-18)24-8-6-5-7-9-24/h10-12,21H,5-9,13H2,1-4H3. The van der Waals surface area contributed by atoms with Crippen LogP contribution in [0.5, 0.6) is 0 Å². The Labute approximate surface area is 162 Å². The van der Waals surface area contributed by atoms with Crippen LogP contribution in [0.2, 0.25) is 0 Å². The van der Waals surface area contributed by atoms with Gasteiger partial charge in [0.2, 0.25) is 10.0 Å². The molecule has 7 heteroatoms. The van der Waals surface area contributed by atoms with Gasteiger partial charge >= 0.3 is 0 Å². The molecule has 2 heterocycles. The van der Waals surface area contributed by atoms with Crippen LogP contribution in [0.1, 0.15) is 47.5 Å². The predicted molar refractivity (Wildman–Crippen MR) is 108 cm³/mol. The number of nitrogens with one attached hydrogen (secondary N) is 1. The van der Waals surface area contributed by atoms with Crippen molar-refractivity contribution in [1.29, 1.82) is 0 Å². The quantitative estimate of drug-likeness (QED) is 0.851. The topological polar surface area (TPSA) is 75.2 Å². The fraction of sp³-hybridized carbons (Fsp3) is 0.500. The van der Waals surface area contributed by atoms with Gasteiger partial charge in [0.25, 0.3) is 0 Å². The summed E-state index contributed by atoms with van der Waals surface area (Å²) in [7, 11) is -3.63. The molecule has 2 aromatic rings. The van der Waals surface area contributed by atoms with E-state index in [9.17, 15) is 8.42 Å². The molecule has 1 aromatic heterocycles. The lowest BCUT2D eigenvalue weighted by molar-refractivity contribution is 0.568. The van der Waals surface area contributed by atoms with Gasteiger partial charge < -0.3 is 4.90 Å². The van der Waals surface area contributed by atoms with E-state index < -0.39 is 10.0 Å². The summed E-state index contributed by atoms with van der Waals surface area (Å²) in [4.78, 5) is 11.6. The van der Waals surface area contributed by atoms with Crippen LogP contribution in [-0.4, -0.2) is 31.5 Å². The molecule has 0 unspecified atom stereocenters. The number of aryl methyl sites for hydroxylation is 4. The summed E-state index contributed by atoms with van der Waals surface area (Å²) >= 11 is 0. The van der Waals surface area contributed by atoms with Crippen molar-refractivity contribution in [1.82, 2.24) is 14.7 Å². The van der Waals surface area contributed by atoms with Gasteiger partial charge in [-0.05, 0) is 58.1 Å². The first-order valence-corrected chi connectivity index (χ1v) is 10.9. The molecule has 1 aliphatic heterocycles. The van der Waals surface area contributed by atoms with Gasteiger partial charge in [0.05, 0.1) is 11.4 Å². The van der Waals surface area contributed by atoms with E-state index in [-0.39, 0.29) is 6.54 Å². The van der Waals surface area contributed by atoms with Crippen molar-refractivity contribution in [2.24, 2.45) is 0 Å². The molecular formula is C20H28N4O2S. The van der Waals surface area contributed by atoms with Crippen LogP contribution in [0, 0.1) is 27.7 Å². The fourth-order valence-electron chi connectivity index (χ4n) is 3.80. The Morgan fingerprint density at radius 2 is 1.59 bits per heavy atom. The van der Waals surface area contributed by atoms with Gasteiger partial charge in [-0.1, -0.05) is 17.7 Å². The Hall–Kier alpha value is -1.99. The Bertz CT molecular complexity index is 912. The molecule has 0 bridgehead atoms. The molecule has 0 aliphatic carbocycles. The van der Waals surface area contributed by atoms with Gasteiger partial charge in [-0.15, -0.1) is 0 Å². The minimum atomic E-state index is -3.63. The average molecular weight is 389 g/mol. The molecule has 0 saturated carbocycles. The van der Waals surface area contributed by atoms with Gasteiger partial charge in [0.15, 0.2) is 0 Å². The summed E-state index contributed by atoms with van der Waals surface area (Å²) in [5, 5.41) is 0. The number of benzene rings is 1. The Balaban J connectivity index is 1.81. The Morgan fingerprint density at radius 1 is 0.963 bits per heavy atom. The van der Waals surface area contributed by atoms with E-state index in [0.29, 0.717) is 10.7 Å². The van der Waals surface area contributed by atoms with E-state index in [0.717, 1.165) is 54.1 Å². The van der Waals surface area contributed by atoms with Crippen molar-refractivity contribution in [3.05, 3.63) is 46.4 Å². The zero-order valence-electron chi connectivity index (χ0n) is 16.5. The molecule has 146 valence electrons. The number of nitrogens with zero attached hydrogens (tertiary/aromatic N) is 3. The second-order valence-electron chi connectivity index (χ2n) is 7.38. The van der Waals surface area contributed by atoms with Crippen LogP contribution in [0.15, 0.2) is 23.1 Å². The second-order valence-corrected chi connectivity index (χ2v) is 9.09. The highest BCUT2D eigenvalue weighted by atomic mass is 32.2. The summed E-state index contributed by atoms with van der Waals surface area (Å²) < 4.78 is 28.4. The third-order valence-corrected chi connectivity index (χ3v) is 6.57. The smallest absolute Gasteiger partial charge is 0.241 e. The van der Waals surface area contributed by atoms with Gasteiger partial charge in [-0.2, -0.15) is 0 Å². The van der Waals surface area contributed by atoms with Crippen molar-refractivity contribution < 1.29 is 8.42 Å². The summed E-state index contributed by atoms with van der Waals surface area (Å²) in [6.45, 7) is 9.59. The van der Waals surface area contributed by atoms with E-state index in [1.54, 1.807) is 0 Å². The van der Waals surface area contributed by atoms with Crippen molar-refractivity contribution in [2.45, 2.75) is 58.4 Å². The van der Waals surface area contributed by atoms with Crippen LogP contribution >= 0.6 is 0 Å². The first-order chi connectivity index (χ1) is 12.8. The number of rotatable bonds is 5. The minimum Gasteiger partial charge on any atom is -0.357 e. The number of sulfonamides is 1. The second kappa shape index (κ2) is 7.94. The first kappa shape index (κ1) is 19.8. The third-order valence-electron chi connectivity index (χ3n) is 4.86. The first-order valence-electron chi connectivity index (χ1n) is 9.43. The van der Waals surface area contributed by atoms with Crippen LogP contribution < -0.4 is 9.62 Å². The molecule has 0 amide bonds. The lowest BCUT2D eigenvalue weighted by Crippen LogP contribution is -2.31. The van der Waals surface area contributed by atoms with Gasteiger partial charge in [-0.25, -0.2) is 23.1 Å². The Kier molecular flexibility index (Phi) is 5.81. The molecule has 0 radical (unpaired) electrons. The van der Waals surface area contributed by atoms with Crippen LogP contribution in [-0.2, 0) is 16.6 Å². The van der Waals surface area contributed by atoms with Crippen molar-refractivity contribution in [2.75, 3.05) is 18.0 Å². The molecule has 1 aromatic carbocycles. The summed E-state index contributed by atoms with van der Waals surface area (Å²) in [5.41, 5.74) is 3.40. The maximum absolute atomic E-state index is 12.9. The number of hydrogen-bond acceptors (Lipinski definition) is 5. The molecule has 6 nitrogen and oxygen atoms in total. The Morgan fingerprint density at radius 3 is 2.22 bits per heavy atom. The van der Waals surface area contributed by atoms with E-state index >= 15 is 0 Å². The monoisotopic (exact) mass is 388 g/mol. The van der Waals surface area contributed by atoms with Gasteiger partial charge in [0.1, 0.15) is 11.6 Å².